The molecule has 4 heteroatoms. The third-order valence-electron chi connectivity index (χ3n) is 4.47. The molecule has 1 aromatic heterocycles. The van der Waals surface area contributed by atoms with E-state index >= 15 is 0 Å². The first kappa shape index (κ1) is 16.3. The van der Waals surface area contributed by atoms with Gasteiger partial charge in [-0.2, -0.15) is 0 Å². The van der Waals surface area contributed by atoms with Crippen LogP contribution in [0.3, 0.4) is 0 Å². The molecule has 122 valence electrons. The summed E-state index contributed by atoms with van der Waals surface area (Å²) in [5, 5.41) is 2.19. The van der Waals surface area contributed by atoms with Gasteiger partial charge in [0.2, 0.25) is 5.91 Å². The lowest BCUT2D eigenvalue weighted by Gasteiger charge is -2.26. The quantitative estimate of drug-likeness (QED) is 0.789. The Hall–Kier alpha value is -1.55. The van der Waals surface area contributed by atoms with Gasteiger partial charge in [0.1, 0.15) is 5.03 Å². The van der Waals surface area contributed by atoms with E-state index in [4.69, 9.17) is 4.98 Å². The molecule has 0 bridgehead atoms. The molecule has 3 nitrogen and oxygen atoms in total. The number of aryl methyl sites for hydroxylation is 3. The van der Waals surface area contributed by atoms with Crippen LogP contribution in [0.25, 0.3) is 10.9 Å². The molecule has 1 aliphatic heterocycles. The summed E-state index contributed by atoms with van der Waals surface area (Å²) < 4.78 is 0. The van der Waals surface area contributed by atoms with Crippen molar-refractivity contribution >= 4 is 28.6 Å². The topological polar surface area (TPSA) is 33.2 Å². The smallest absolute Gasteiger partial charge is 0.232 e. The molecule has 1 amide bonds. The van der Waals surface area contributed by atoms with Crippen molar-refractivity contribution in [3.05, 3.63) is 34.9 Å². The molecular weight excluding hydrogens is 304 g/mol. The van der Waals surface area contributed by atoms with E-state index in [9.17, 15) is 4.79 Å². The Morgan fingerprint density at radius 1 is 1.09 bits per heavy atom. The number of hydrogen-bond donors (Lipinski definition) is 0. The van der Waals surface area contributed by atoms with Gasteiger partial charge in [-0.15, -0.1) is 0 Å². The fraction of sp³-hybridized carbons (Fsp3) is 0.474. The minimum absolute atomic E-state index is 0.247. The Labute approximate surface area is 142 Å². The highest BCUT2D eigenvalue weighted by Crippen LogP contribution is 2.27. The van der Waals surface area contributed by atoms with E-state index in [1.165, 1.54) is 22.9 Å². The maximum absolute atomic E-state index is 12.3. The maximum Gasteiger partial charge on any atom is 0.232 e. The number of fused-ring (bicyclic) bond motifs is 1. The van der Waals surface area contributed by atoms with Gasteiger partial charge in [-0.05, 0) is 68.9 Å². The average molecular weight is 328 g/mol. The lowest BCUT2D eigenvalue weighted by atomic mass is 10.1. The number of amides is 1. The molecule has 0 spiro atoms. The molecule has 23 heavy (non-hydrogen) atoms. The van der Waals surface area contributed by atoms with Crippen LogP contribution in [-0.2, 0) is 4.79 Å². The Morgan fingerprint density at radius 2 is 1.83 bits per heavy atom. The molecule has 1 aliphatic rings. The Morgan fingerprint density at radius 3 is 2.57 bits per heavy atom. The molecule has 1 saturated heterocycles. The first-order valence-electron chi connectivity index (χ1n) is 8.34. The summed E-state index contributed by atoms with van der Waals surface area (Å²) in [5.41, 5.74) is 4.67. The van der Waals surface area contributed by atoms with Gasteiger partial charge in [0, 0.05) is 18.5 Å². The van der Waals surface area contributed by atoms with Gasteiger partial charge < -0.3 is 4.90 Å². The minimum Gasteiger partial charge on any atom is -0.342 e. The number of thioether (sulfide) groups is 1. The van der Waals surface area contributed by atoms with Gasteiger partial charge in [-0.25, -0.2) is 4.98 Å². The number of likely N-dealkylation sites (tertiary alicyclic amines) is 1. The zero-order valence-corrected chi connectivity index (χ0v) is 15.0. The van der Waals surface area contributed by atoms with Gasteiger partial charge in [0.25, 0.3) is 0 Å². The molecule has 3 rings (SSSR count). The highest BCUT2D eigenvalue weighted by Gasteiger charge is 2.17. The Kier molecular flexibility index (Phi) is 4.90. The van der Waals surface area contributed by atoms with E-state index in [1.807, 2.05) is 4.90 Å². The van der Waals surface area contributed by atoms with E-state index in [0.717, 1.165) is 42.0 Å². The first-order chi connectivity index (χ1) is 11.0. The molecule has 1 fully saturated rings. The van der Waals surface area contributed by atoms with Crippen LogP contribution in [-0.4, -0.2) is 34.6 Å². The standard InChI is InChI=1S/C19H24N2OS/c1-13-9-14(2)16-11-15(3)19(20-17(16)10-13)23-12-18(22)21-7-5-4-6-8-21/h9-11H,4-8,12H2,1-3H3. The van der Waals surface area contributed by atoms with Crippen molar-refractivity contribution in [2.45, 2.75) is 45.1 Å². The van der Waals surface area contributed by atoms with E-state index in [2.05, 4.69) is 39.0 Å². The van der Waals surface area contributed by atoms with Crippen molar-refractivity contribution in [2.24, 2.45) is 0 Å². The second-order valence-electron chi connectivity index (χ2n) is 6.49. The van der Waals surface area contributed by atoms with Crippen LogP contribution in [0, 0.1) is 20.8 Å². The lowest BCUT2D eigenvalue weighted by molar-refractivity contribution is -0.129. The molecule has 0 unspecified atom stereocenters. The van der Waals surface area contributed by atoms with Crippen molar-refractivity contribution in [2.75, 3.05) is 18.8 Å². The Balaban J connectivity index is 1.77. The molecule has 1 aromatic carbocycles. The predicted octanol–water partition coefficient (Wildman–Crippen LogP) is 4.26. The van der Waals surface area contributed by atoms with E-state index in [0.29, 0.717) is 5.75 Å². The van der Waals surface area contributed by atoms with E-state index in [-0.39, 0.29) is 5.91 Å². The number of nitrogens with zero attached hydrogens (tertiary/aromatic N) is 2. The van der Waals surface area contributed by atoms with Crippen LogP contribution >= 0.6 is 11.8 Å². The van der Waals surface area contributed by atoms with Crippen LogP contribution in [0.1, 0.15) is 36.0 Å². The molecule has 2 heterocycles. The van der Waals surface area contributed by atoms with Crippen molar-refractivity contribution in [1.29, 1.82) is 0 Å². The van der Waals surface area contributed by atoms with Crippen LogP contribution in [0.5, 0.6) is 0 Å². The monoisotopic (exact) mass is 328 g/mol. The van der Waals surface area contributed by atoms with E-state index in [1.54, 1.807) is 11.8 Å². The second kappa shape index (κ2) is 6.91. The molecule has 0 atom stereocenters. The van der Waals surface area contributed by atoms with Crippen molar-refractivity contribution < 1.29 is 4.79 Å². The summed E-state index contributed by atoms with van der Waals surface area (Å²) in [4.78, 5) is 19.1. The van der Waals surface area contributed by atoms with Crippen molar-refractivity contribution in [3.8, 4) is 0 Å². The molecule has 2 aromatic rings. The number of carbonyl (C=O) groups is 1. The van der Waals surface area contributed by atoms with Gasteiger partial charge in [-0.1, -0.05) is 17.8 Å². The SMILES string of the molecule is Cc1cc(C)c2cc(C)c(SCC(=O)N3CCCCC3)nc2c1. The van der Waals surface area contributed by atoms with Gasteiger partial charge in [0.05, 0.1) is 11.3 Å². The fourth-order valence-corrected chi connectivity index (χ4v) is 4.12. The van der Waals surface area contributed by atoms with E-state index < -0.39 is 0 Å². The summed E-state index contributed by atoms with van der Waals surface area (Å²) in [6.07, 6.45) is 3.53. The molecule has 0 saturated carbocycles. The molecular formula is C19H24N2OS. The zero-order chi connectivity index (χ0) is 16.4. The fourth-order valence-electron chi connectivity index (χ4n) is 3.22. The molecule has 0 aliphatic carbocycles. The largest absolute Gasteiger partial charge is 0.342 e. The van der Waals surface area contributed by atoms with Crippen molar-refractivity contribution in [1.82, 2.24) is 9.88 Å². The number of aromatic nitrogens is 1. The number of pyridine rings is 1. The number of benzene rings is 1. The molecule has 0 radical (unpaired) electrons. The van der Waals surface area contributed by atoms with Crippen LogP contribution in [0.2, 0.25) is 0 Å². The van der Waals surface area contributed by atoms with Gasteiger partial charge in [-0.3, -0.25) is 4.79 Å². The normalized spacial score (nSPS) is 15.2. The van der Waals surface area contributed by atoms with Gasteiger partial charge >= 0.3 is 0 Å². The minimum atomic E-state index is 0.247. The second-order valence-corrected chi connectivity index (χ2v) is 7.45. The average Bonchev–Trinajstić information content (AvgIpc) is 2.54. The first-order valence-corrected chi connectivity index (χ1v) is 9.32. The summed E-state index contributed by atoms with van der Waals surface area (Å²) in [7, 11) is 0. The summed E-state index contributed by atoms with van der Waals surface area (Å²) in [5.74, 6) is 0.737. The number of carbonyl (C=O) groups excluding carboxylic acids is 1. The van der Waals surface area contributed by atoms with Crippen LogP contribution in [0.15, 0.2) is 23.2 Å². The number of hydrogen-bond acceptors (Lipinski definition) is 3. The summed E-state index contributed by atoms with van der Waals surface area (Å²) in [6, 6.07) is 6.51. The summed E-state index contributed by atoms with van der Waals surface area (Å²) >= 11 is 1.57. The Bertz CT molecular complexity index is 736. The third-order valence-corrected chi connectivity index (χ3v) is 5.55. The van der Waals surface area contributed by atoms with Crippen LogP contribution in [0.4, 0.5) is 0 Å². The maximum atomic E-state index is 12.3. The number of rotatable bonds is 3. The van der Waals surface area contributed by atoms with Crippen molar-refractivity contribution in [3.63, 3.8) is 0 Å². The lowest BCUT2D eigenvalue weighted by Crippen LogP contribution is -2.36. The molecule has 0 N–H and O–H groups in total. The third kappa shape index (κ3) is 3.69. The highest BCUT2D eigenvalue weighted by atomic mass is 32.2. The predicted molar refractivity (Wildman–Crippen MR) is 97.1 cm³/mol. The van der Waals surface area contributed by atoms with Gasteiger partial charge in [0.15, 0.2) is 0 Å². The highest BCUT2D eigenvalue weighted by molar-refractivity contribution is 7.99. The number of piperidine rings is 1. The zero-order valence-electron chi connectivity index (χ0n) is 14.2. The summed E-state index contributed by atoms with van der Waals surface area (Å²) in [6.45, 7) is 8.15. The van der Waals surface area contributed by atoms with Crippen LogP contribution < -0.4 is 0 Å².